The number of amides is 1. The number of nitrogens with one attached hydrogen (secondary N) is 1. The van der Waals surface area contributed by atoms with Crippen LogP contribution in [-0.2, 0) is 4.79 Å². The summed E-state index contributed by atoms with van der Waals surface area (Å²) in [5.74, 6) is -0.0694. The molecule has 0 radical (unpaired) electrons. The molecule has 3 N–H and O–H groups in total. The van der Waals surface area contributed by atoms with E-state index in [9.17, 15) is 15.0 Å². The molecule has 0 fully saturated rings. The molecule has 2 atom stereocenters. The third-order valence-corrected chi connectivity index (χ3v) is 8.68. The second-order valence-electron chi connectivity index (χ2n) is 13.0. The van der Waals surface area contributed by atoms with E-state index in [0.717, 1.165) is 25.7 Å². The van der Waals surface area contributed by atoms with Gasteiger partial charge in [-0.25, -0.2) is 0 Å². The average Bonchev–Trinajstić information content (AvgIpc) is 3.01. The van der Waals surface area contributed by atoms with E-state index in [2.05, 4.69) is 31.3 Å². The predicted molar refractivity (Wildman–Crippen MR) is 189 cm³/mol. The number of unbranched alkanes of at least 4 members (excludes halogenated alkanes) is 25. The standard InChI is InChI=1S/C39H75NO3/c1-3-5-7-9-11-12-13-14-15-16-17-18-19-20-21-22-23-24-25-26-27-28-29-31-33-35-39(43)40-37(36-41)38(42)34-32-30-10-8-6-4-2/h16-17,32,34,37-38,41-42H,3-15,18-31,33,35-36H2,1-2H3,(H,40,43)/b17-16-,34-32+. The molecular weight excluding hydrogens is 530 g/mol. The highest BCUT2D eigenvalue weighted by Gasteiger charge is 2.17. The van der Waals surface area contributed by atoms with Gasteiger partial charge in [0.05, 0.1) is 18.8 Å². The molecule has 254 valence electrons. The maximum atomic E-state index is 12.2. The van der Waals surface area contributed by atoms with Crippen molar-refractivity contribution in [3.63, 3.8) is 0 Å². The molecule has 0 aromatic rings. The number of rotatable bonds is 34. The highest BCUT2D eigenvalue weighted by atomic mass is 16.3. The molecule has 0 spiro atoms. The van der Waals surface area contributed by atoms with Gasteiger partial charge in [-0.05, 0) is 44.9 Å². The molecule has 2 unspecified atom stereocenters. The molecule has 4 heteroatoms. The first-order valence-corrected chi connectivity index (χ1v) is 19.1. The Morgan fingerprint density at radius 2 is 0.884 bits per heavy atom. The van der Waals surface area contributed by atoms with Gasteiger partial charge in [-0.1, -0.05) is 173 Å². The summed E-state index contributed by atoms with van der Waals surface area (Å²) in [6.07, 6.45) is 44.4. The minimum absolute atomic E-state index is 0.0694. The normalized spacial score (nSPS) is 13.3. The number of allylic oxidation sites excluding steroid dienone is 3. The zero-order valence-corrected chi connectivity index (χ0v) is 29.0. The molecule has 0 saturated carbocycles. The van der Waals surface area contributed by atoms with E-state index in [0.29, 0.717) is 6.42 Å². The van der Waals surface area contributed by atoms with Crippen LogP contribution in [0, 0.1) is 0 Å². The summed E-state index contributed by atoms with van der Waals surface area (Å²) >= 11 is 0. The molecule has 4 nitrogen and oxygen atoms in total. The maximum absolute atomic E-state index is 12.2. The van der Waals surface area contributed by atoms with E-state index in [4.69, 9.17) is 0 Å². The summed E-state index contributed by atoms with van der Waals surface area (Å²) in [5.41, 5.74) is 0. The van der Waals surface area contributed by atoms with Crippen molar-refractivity contribution >= 4 is 5.91 Å². The van der Waals surface area contributed by atoms with Gasteiger partial charge in [0.15, 0.2) is 0 Å². The Labute approximate surface area is 269 Å². The Hall–Kier alpha value is -1.13. The van der Waals surface area contributed by atoms with Crippen LogP contribution in [0.15, 0.2) is 24.3 Å². The van der Waals surface area contributed by atoms with Crippen molar-refractivity contribution in [3.8, 4) is 0 Å². The second kappa shape index (κ2) is 35.4. The Balaban J connectivity index is 3.43. The molecule has 0 aromatic heterocycles. The minimum atomic E-state index is -0.832. The fraction of sp³-hybridized carbons (Fsp3) is 0.872. The summed E-state index contributed by atoms with van der Waals surface area (Å²) in [6, 6.07) is -0.615. The maximum Gasteiger partial charge on any atom is 0.220 e. The van der Waals surface area contributed by atoms with Gasteiger partial charge >= 0.3 is 0 Å². The molecule has 0 rings (SSSR count). The molecular formula is C39H75NO3. The van der Waals surface area contributed by atoms with E-state index >= 15 is 0 Å². The van der Waals surface area contributed by atoms with E-state index in [1.165, 1.54) is 154 Å². The summed E-state index contributed by atoms with van der Waals surface area (Å²) in [7, 11) is 0. The first kappa shape index (κ1) is 41.9. The molecule has 0 aliphatic rings. The van der Waals surface area contributed by atoms with Crippen molar-refractivity contribution in [1.82, 2.24) is 5.32 Å². The lowest BCUT2D eigenvalue weighted by Gasteiger charge is -2.20. The van der Waals surface area contributed by atoms with Crippen LogP contribution in [-0.4, -0.2) is 34.9 Å². The molecule has 0 aromatic carbocycles. The van der Waals surface area contributed by atoms with E-state index in [-0.39, 0.29) is 12.5 Å². The predicted octanol–water partition coefficient (Wildman–Crippen LogP) is 11.3. The van der Waals surface area contributed by atoms with Crippen molar-refractivity contribution in [2.75, 3.05) is 6.61 Å². The van der Waals surface area contributed by atoms with E-state index < -0.39 is 12.1 Å². The molecule has 0 heterocycles. The van der Waals surface area contributed by atoms with Gasteiger partial charge in [0.2, 0.25) is 5.91 Å². The second-order valence-corrected chi connectivity index (χ2v) is 13.0. The summed E-state index contributed by atoms with van der Waals surface area (Å²) in [5, 5.41) is 22.6. The monoisotopic (exact) mass is 606 g/mol. The van der Waals surface area contributed by atoms with Crippen LogP contribution < -0.4 is 5.32 Å². The molecule has 0 bridgehead atoms. The van der Waals surface area contributed by atoms with Crippen molar-refractivity contribution in [1.29, 1.82) is 0 Å². The van der Waals surface area contributed by atoms with Crippen LogP contribution >= 0.6 is 0 Å². The Morgan fingerprint density at radius 1 is 0.535 bits per heavy atom. The van der Waals surface area contributed by atoms with Crippen LogP contribution in [0.5, 0.6) is 0 Å². The van der Waals surface area contributed by atoms with Crippen LogP contribution in [0.3, 0.4) is 0 Å². The lowest BCUT2D eigenvalue weighted by molar-refractivity contribution is -0.123. The number of hydrogen-bond donors (Lipinski definition) is 3. The number of hydrogen-bond acceptors (Lipinski definition) is 3. The first-order chi connectivity index (χ1) is 21.2. The van der Waals surface area contributed by atoms with Gasteiger partial charge in [0.25, 0.3) is 0 Å². The Kier molecular flexibility index (Phi) is 34.4. The minimum Gasteiger partial charge on any atom is -0.394 e. The van der Waals surface area contributed by atoms with Gasteiger partial charge < -0.3 is 15.5 Å². The molecule has 0 aliphatic heterocycles. The lowest BCUT2D eigenvalue weighted by atomic mass is 10.0. The third-order valence-electron chi connectivity index (χ3n) is 8.68. The van der Waals surface area contributed by atoms with Gasteiger partial charge in [-0.2, -0.15) is 0 Å². The van der Waals surface area contributed by atoms with Crippen LogP contribution in [0.2, 0.25) is 0 Å². The Bertz CT molecular complexity index is 618. The third kappa shape index (κ3) is 32.1. The number of carbonyl (C=O) groups excluding carboxylic acids is 1. The number of aliphatic hydroxyl groups is 2. The van der Waals surface area contributed by atoms with Crippen molar-refractivity contribution in [2.45, 2.75) is 212 Å². The summed E-state index contributed by atoms with van der Waals surface area (Å²) in [6.45, 7) is 4.23. The molecule has 43 heavy (non-hydrogen) atoms. The van der Waals surface area contributed by atoms with Crippen LogP contribution in [0.1, 0.15) is 200 Å². The largest absolute Gasteiger partial charge is 0.394 e. The topological polar surface area (TPSA) is 69.6 Å². The van der Waals surface area contributed by atoms with Gasteiger partial charge in [0.1, 0.15) is 0 Å². The number of aliphatic hydroxyl groups excluding tert-OH is 2. The van der Waals surface area contributed by atoms with Gasteiger partial charge in [-0.15, -0.1) is 0 Å². The van der Waals surface area contributed by atoms with E-state index in [1.807, 2.05) is 6.08 Å². The summed E-state index contributed by atoms with van der Waals surface area (Å²) in [4.78, 5) is 12.2. The number of carbonyl (C=O) groups is 1. The SMILES string of the molecule is CCCCCC/C=C/C(O)C(CO)NC(=O)CCCCCCCCCCCCCCC/C=C\CCCCCCCCCC. The van der Waals surface area contributed by atoms with Crippen molar-refractivity contribution < 1.29 is 15.0 Å². The molecule has 1 amide bonds. The highest BCUT2D eigenvalue weighted by Crippen LogP contribution is 2.14. The molecule has 0 saturated heterocycles. The first-order valence-electron chi connectivity index (χ1n) is 19.1. The van der Waals surface area contributed by atoms with Gasteiger partial charge in [-0.3, -0.25) is 4.79 Å². The fourth-order valence-electron chi connectivity index (χ4n) is 5.70. The summed E-state index contributed by atoms with van der Waals surface area (Å²) < 4.78 is 0. The van der Waals surface area contributed by atoms with Gasteiger partial charge in [0, 0.05) is 6.42 Å². The zero-order valence-electron chi connectivity index (χ0n) is 29.0. The van der Waals surface area contributed by atoms with Crippen molar-refractivity contribution in [2.24, 2.45) is 0 Å². The zero-order chi connectivity index (χ0) is 31.5. The smallest absolute Gasteiger partial charge is 0.220 e. The Morgan fingerprint density at radius 3 is 1.30 bits per heavy atom. The molecule has 0 aliphatic carbocycles. The van der Waals surface area contributed by atoms with Crippen LogP contribution in [0.4, 0.5) is 0 Å². The van der Waals surface area contributed by atoms with E-state index in [1.54, 1.807) is 6.08 Å². The quantitative estimate of drug-likeness (QED) is 0.0505. The van der Waals surface area contributed by atoms with Crippen LogP contribution in [0.25, 0.3) is 0 Å². The van der Waals surface area contributed by atoms with Crippen molar-refractivity contribution in [3.05, 3.63) is 24.3 Å². The lowest BCUT2D eigenvalue weighted by Crippen LogP contribution is -2.45. The average molecular weight is 606 g/mol. The highest BCUT2D eigenvalue weighted by molar-refractivity contribution is 5.76. The fourth-order valence-corrected chi connectivity index (χ4v) is 5.70.